The second kappa shape index (κ2) is 77.9. The van der Waals surface area contributed by atoms with E-state index in [-0.39, 0.29) is 287 Å². The standard InChI is InChI=1S/C10H22NOS.C7H14NO2.C6H14N.C6H11O.C5H9O2.C4H11NOS.4C2H6O.CH3.B.BrH.Mg.Na.5Re.Ti.H/c1-8(9(2,3)4)11-13(12)10(5,6)7;1-7(2,3)6(9)8(4)10-5;2*1-5(7)6(2,3)4;1-5(2,3)4(6)7;1-4(2,3)7(5)6;4*1-2-3;;;;;;;;;;;;/h8,11H,2H2,1,3-7H3;1H2,2-5H3;5H,2,7H2,1,3-4H3;2H2,1,3-4H3;1H2,2-3H3,(H,6,7);5H2,1-3H3;4*3H,2H2,1H3;1H3;;1H;;;;;;;;;/q5*-1;;;;;;-1;;;+2;+1;;;;;;;-1/p-1/t8-,13+;;5-;;;7-;;;;;;;;;;;;;;;;/m1.1..1................/s1. The van der Waals surface area contributed by atoms with Gasteiger partial charge in [-0.05, 0) is 88.2 Å². The number of aliphatic hydroxyl groups is 4. The Kier molecular flexibility index (Phi) is 150. The van der Waals surface area contributed by atoms with Gasteiger partial charge in [0.15, 0.2) is 0 Å². The molecular formula is C47H109BBrMgN4NaO11Re5S2Ti-5. The first-order chi connectivity index (χ1) is 27.4. The van der Waals surface area contributed by atoms with Crippen molar-refractivity contribution in [1.29, 1.82) is 0 Å². The average Bonchev–Trinajstić information content (AvgIpc) is 3.04. The number of hydrogen-bond donors (Lipinski definition) is 8. The summed E-state index contributed by atoms with van der Waals surface area (Å²) in [6, 6.07) is 0.333. The summed E-state index contributed by atoms with van der Waals surface area (Å²) in [5.74, 6) is -0.866. The van der Waals surface area contributed by atoms with Crippen molar-refractivity contribution in [1.82, 2.24) is 9.79 Å². The van der Waals surface area contributed by atoms with Gasteiger partial charge >= 0.3 is 52.6 Å². The summed E-state index contributed by atoms with van der Waals surface area (Å²) in [7, 11) is 0.826. The van der Waals surface area contributed by atoms with E-state index in [1.807, 2.05) is 83.1 Å². The van der Waals surface area contributed by atoms with Crippen molar-refractivity contribution in [3.63, 3.8) is 0 Å². The molecule has 452 valence electrons. The topological polar surface area (TPSA) is 263 Å². The number of hydroxylamine groups is 2. The number of ketones is 1. The maximum Gasteiger partial charge on any atom is 2.00 e. The largest absolute Gasteiger partial charge is 2.00 e. The van der Waals surface area contributed by atoms with Gasteiger partial charge in [0.2, 0.25) is 5.91 Å². The fourth-order valence-electron chi connectivity index (χ4n) is 1.01. The van der Waals surface area contributed by atoms with Gasteiger partial charge < -0.3 is 96.5 Å². The van der Waals surface area contributed by atoms with Gasteiger partial charge in [0.25, 0.3) is 5.97 Å². The van der Waals surface area contributed by atoms with Crippen LogP contribution >= 0.6 is 0 Å². The van der Waals surface area contributed by atoms with Crippen LogP contribution in [0.3, 0.4) is 0 Å². The number of nitrogens with zero attached hydrogens (tertiary/aromatic N) is 1. The quantitative estimate of drug-likeness (QED) is 0.0959. The van der Waals surface area contributed by atoms with Crippen molar-refractivity contribution in [2.24, 2.45) is 37.9 Å². The molecule has 0 fully saturated rings. The zero-order chi connectivity index (χ0) is 54.4. The Labute approximate surface area is 599 Å². The van der Waals surface area contributed by atoms with Crippen LogP contribution in [0.4, 0.5) is 0 Å². The number of rotatable bonds is 8. The zero-order valence-electron chi connectivity index (χ0n) is 52.2. The molecule has 1 amide bonds. The minimum absolute atomic E-state index is 0. The van der Waals surface area contributed by atoms with Crippen molar-refractivity contribution in [3.05, 3.63) is 42.0 Å². The first-order valence-electron chi connectivity index (χ1n) is 20.7. The number of carboxylic acids is 1. The Morgan fingerprint density at radius 3 is 0.878 bits per heavy atom. The second-order valence-electron chi connectivity index (χ2n) is 19.2. The SMILES string of the molecule is CC(C)(C)[S@](N)=O.CCO.CCO.CCO.CCO.[B].[Br-].[CH2-]C(C)(C)C(=O)N(C)OC.[CH2-]C(C)(C)C(=O)O.[CH2-]C(C)(C)C(C)=O.[CH2-]C(C)(C)[C@@H](C)N.[CH2-]C(C)(C)[C@@H](C)N[S@@](=O)C(C)(C)C.[CH3-].[H-].[Mg+2].[Na+].[Re].[Re].[Re].[Re].[Re].[Ti]. The van der Waals surface area contributed by atoms with E-state index in [1.54, 1.807) is 83.2 Å². The number of amides is 1. The number of halogens is 1. The minimum atomic E-state index is -1.18. The molecule has 0 bridgehead atoms. The van der Waals surface area contributed by atoms with Gasteiger partial charge in [0.1, 0.15) is 5.78 Å². The summed E-state index contributed by atoms with van der Waals surface area (Å²) < 4.78 is 24.7. The van der Waals surface area contributed by atoms with Crippen LogP contribution < -0.4 is 62.1 Å². The number of carbonyl (C=O) groups is 3. The molecule has 4 atom stereocenters. The molecule has 10 N–H and O–H groups in total. The molecule has 8 radical (unpaired) electrons. The number of Topliss-reactive ketones (excluding diaryl/α,β-unsaturated/α-hetero) is 1. The molecule has 0 aromatic carbocycles. The van der Waals surface area contributed by atoms with Crippen molar-refractivity contribution in [3.8, 4) is 0 Å². The van der Waals surface area contributed by atoms with E-state index in [1.165, 1.54) is 12.2 Å². The average molecular weight is 2090 g/mol. The van der Waals surface area contributed by atoms with Gasteiger partial charge in [0.05, 0.1) is 38.6 Å². The van der Waals surface area contributed by atoms with Crippen molar-refractivity contribution >= 4 is 71.1 Å². The molecular weight excluding hydrogens is 1980 g/mol. The van der Waals surface area contributed by atoms with Gasteiger partial charge in [-0.1, -0.05) is 93.9 Å². The molecule has 27 heteroatoms. The summed E-state index contributed by atoms with van der Waals surface area (Å²) in [5.41, 5.74) is 3.61. The van der Waals surface area contributed by atoms with Crippen LogP contribution in [0.25, 0.3) is 0 Å². The van der Waals surface area contributed by atoms with Gasteiger partial charge in [0, 0.05) is 166 Å². The van der Waals surface area contributed by atoms with Gasteiger partial charge in [-0.15, -0.1) is 16.2 Å². The van der Waals surface area contributed by atoms with E-state index in [9.17, 15) is 22.8 Å². The third kappa shape index (κ3) is 137. The van der Waals surface area contributed by atoms with Gasteiger partial charge in [-0.25, -0.2) is 18.2 Å². The number of carbonyl (C=O) groups excluding carboxylic acids is 2. The molecule has 0 aromatic rings. The Morgan fingerprint density at radius 1 is 0.649 bits per heavy atom. The number of nitrogens with one attached hydrogen (secondary N) is 1. The first-order valence-corrected chi connectivity index (χ1v) is 23.1. The number of hydrogen-bond acceptors (Lipinski definition) is 11. The van der Waals surface area contributed by atoms with Gasteiger partial charge in [-0.2, -0.15) is 0 Å². The molecule has 0 saturated carbocycles. The second-order valence-corrected chi connectivity index (χ2v) is 23.0. The molecule has 74 heavy (non-hydrogen) atoms. The van der Waals surface area contributed by atoms with Crippen LogP contribution in [0.1, 0.15) is 161 Å². The van der Waals surface area contributed by atoms with E-state index >= 15 is 0 Å². The van der Waals surface area contributed by atoms with Crippen LogP contribution in [-0.2, 0) is 165 Å². The van der Waals surface area contributed by atoms with Crippen molar-refractivity contribution in [2.45, 2.75) is 181 Å². The van der Waals surface area contributed by atoms with E-state index in [0.29, 0.717) is 0 Å². The summed E-state index contributed by atoms with van der Waals surface area (Å²) >= 11 is 0. The fraction of sp³-hybridized carbons (Fsp3) is 0.809. The summed E-state index contributed by atoms with van der Waals surface area (Å²) in [4.78, 5) is 36.2. The van der Waals surface area contributed by atoms with Crippen LogP contribution in [0, 0.1) is 69.1 Å². The summed E-state index contributed by atoms with van der Waals surface area (Å²) in [6.07, 6.45) is 0. The van der Waals surface area contributed by atoms with E-state index in [4.69, 9.17) is 36.4 Å². The molecule has 15 nitrogen and oxygen atoms in total. The van der Waals surface area contributed by atoms with Gasteiger partial charge in [-0.3, -0.25) is 19.6 Å². The number of carboxylic acid groups (broad SMARTS) is 1. The maximum atomic E-state index is 11.7. The number of aliphatic hydroxyl groups excluding tert-OH is 4. The molecule has 0 unspecified atom stereocenters. The summed E-state index contributed by atoms with van der Waals surface area (Å²) in [6.45, 7) is 61.4. The predicted octanol–water partition coefficient (Wildman–Crippen LogP) is 0.910. The molecule has 0 saturated heterocycles. The molecule has 0 aromatic heterocycles. The third-order valence-electron chi connectivity index (χ3n) is 6.52. The summed E-state index contributed by atoms with van der Waals surface area (Å²) in [5, 5.41) is 44.7. The van der Waals surface area contributed by atoms with E-state index < -0.39 is 38.8 Å². The first kappa shape index (κ1) is 143. The van der Waals surface area contributed by atoms with Crippen LogP contribution in [0.15, 0.2) is 0 Å². The van der Waals surface area contributed by atoms with E-state index in [2.05, 4.69) is 44.2 Å². The molecule has 0 aliphatic heterocycles. The van der Waals surface area contributed by atoms with E-state index in [0.717, 1.165) is 0 Å². The molecule has 0 rings (SSSR count). The smallest absolute Gasteiger partial charge is 1.00 e. The van der Waals surface area contributed by atoms with Crippen molar-refractivity contribution < 1.29 is 225 Å². The Bertz CT molecular complexity index is 1110. The van der Waals surface area contributed by atoms with Crippen molar-refractivity contribution in [2.75, 3.05) is 40.6 Å². The van der Waals surface area contributed by atoms with Crippen LogP contribution in [0.5, 0.6) is 0 Å². The monoisotopic (exact) mass is 2090 g/mol. The van der Waals surface area contributed by atoms with Crippen LogP contribution in [-0.4, -0.2) is 150 Å². The third-order valence-corrected chi connectivity index (χ3v) is 9.41. The molecule has 0 heterocycles. The Hall–Kier alpha value is 4.93. The Balaban J connectivity index is -0.0000000211. The zero-order valence-corrected chi connectivity index (χ0v) is 72.9. The maximum absolute atomic E-state index is 11.7. The molecule has 0 aliphatic rings. The predicted molar refractivity (Wildman–Crippen MR) is 290 cm³/mol. The van der Waals surface area contributed by atoms with Crippen LogP contribution in [0.2, 0.25) is 0 Å². The fourth-order valence-corrected chi connectivity index (χ4v) is 2.00. The molecule has 0 spiro atoms. The Morgan fingerprint density at radius 2 is 0.824 bits per heavy atom. The number of aliphatic carboxylic acids is 1. The number of nitrogens with two attached hydrogens (primary N) is 2. The minimum Gasteiger partial charge on any atom is -1.00 e. The normalized spacial score (nSPS) is 11.0. The molecule has 0 aliphatic carbocycles.